The minimum Gasteiger partial charge on any atom is -0.462 e. The highest BCUT2D eigenvalue weighted by Gasteiger charge is 2.24. The topological polar surface area (TPSA) is 95.9 Å². The van der Waals surface area contributed by atoms with Crippen molar-refractivity contribution in [3.05, 3.63) is 12.2 Å². The zero-order valence-electron chi connectivity index (χ0n) is 42.0. The maximum absolute atomic E-state index is 13.2. The first kappa shape index (κ1) is 60.6. The maximum atomic E-state index is 13.2. The number of aliphatic hydroxyl groups is 2. The van der Waals surface area contributed by atoms with Crippen LogP contribution in [0, 0.1) is 0 Å². The molecule has 3 N–H and O–H groups in total. The third kappa shape index (κ3) is 45.2. The number of nitrogens with one attached hydrogen (secondary N) is 1. The predicted molar refractivity (Wildman–Crippen MR) is 269 cm³/mol. The average molecular weight is 876 g/mol. The molecule has 0 aliphatic heterocycles. The van der Waals surface area contributed by atoms with E-state index < -0.39 is 18.2 Å². The number of esters is 1. The van der Waals surface area contributed by atoms with Crippen LogP contribution < -0.4 is 5.32 Å². The molecule has 0 rings (SSSR count). The summed E-state index contributed by atoms with van der Waals surface area (Å²) in [6.45, 7) is 6.49. The molecule has 0 aromatic carbocycles. The average Bonchev–Trinajstić information content (AvgIpc) is 3.26. The van der Waals surface area contributed by atoms with Crippen LogP contribution in [-0.4, -0.2) is 46.9 Å². The number of aliphatic hydroxyl groups excluding tert-OH is 2. The van der Waals surface area contributed by atoms with Gasteiger partial charge in [0.15, 0.2) is 0 Å². The van der Waals surface area contributed by atoms with Gasteiger partial charge in [-0.2, -0.15) is 0 Å². The van der Waals surface area contributed by atoms with Crippen LogP contribution in [0.15, 0.2) is 12.2 Å². The SMILES string of the molecule is CCCC/C=C\CCCCCCCC(=O)OC(CCCCCCCCCCCCCCCCCC)CC(=O)NC(CO)C(O)CCCCCCCCCCCCCCCCCC. The van der Waals surface area contributed by atoms with E-state index in [1.165, 1.54) is 212 Å². The van der Waals surface area contributed by atoms with Gasteiger partial charge in [0.2, 0.25) is 5.91 Å². The van der Waals surface area contributed by atoms with Crippen molar-refractivity contribution < 1.29 is 24.5 Å². The fourth-order valence-corrected chi connectivity index (χ4v) is 8.83. The molecule has 62 heavy (non-hydrogen) atoms. The van der Waals surface area contributed by atoms with E-state index in [1.807, 2.05) is 0 Å². The van der Waals surface area contributed by atoms with Crippen LogP contribution in [0.25, 0.3) is 0 Å². The van der Waals surface area contributed by atoms with Crippen LogP contribution in [0.5, 0.6) is 0 Å². The molecule has 0 saturated heterocycles. The lowest BCUT2D eigenvalue weighted by Gasteiger charge is -2.24. The van der Waals surface area contributed by atoms with Gasteiger partial charge in [-0.15, -0.1) is 0 Å². The number of hydrogen-bond donors (Lipinski definition) is 3. The Hall–Kier alpha value is -1.40. The summed E-state index contributed by atoms with van der Waals surface area (Å²) in [5.74, 6) is -0.464. The van der Waals surface area contributed by atoms with Crippen LogP contribution in [0.3, 0.4) is 0 Å². The molecular formula is C56H109NO5. The fraction of sp³-hybridized carbons (Fsp3) is 0.929. The van der Waals surface area contributed by atoms with Crippen molar-refractivity contribution in [1.29, 1.82) is 0 Å². The highest BCUT2D eigenvalue weighted by Crippen LogP contribution is 2.19. The Morgan fingerprint density at radius 2 is 0.790 bits per heavy atom. The van der Waals surface area contributed by atoms with Crippen molar-refractivity contribution in [2.45, 2.75) is 328 Å². The van der Waals surface area contributed by atoms with Crippen LogP contribution >= 0.6 is 0 Å². The number of unbranched alkanes of at least 4 members (excludes halogenated alkanes) is 37. The summed E-state index contributed by atoms with van der Waals surface area (Å²) >= 11 is 0. The third-order valence-corrected chi connectivity index (χ3v) is 13.1. The molecule has 0 aliphatic carbocycles. The third-order valence-electron chi connectivity index (χ3n) is 13.1. The quantitative estimate of drug-likeness (QED) is 0.0321. The van der Waals surface area contributed by atoms with Crippen LogP contribution in [0.1, 0.15) is 310 Å². The summed E-state index contributed by atoms with van der Waals surface area (Å²) in [4.78, 5) is 26.2. The molecule has 6 nitrogen and oxygen atoms in total. The molecule has 0 heterocycles. The van der Waals surface area contributed by atoms with Crippen molar-refractivity contribution in [3.63, 3.8) is 0 Å². The second kappa shape index (κ2) is 50.6. The molecule has 0 radical (unpaired) electrons. The summed E-state index contributed by atoms with van der Waals surface area (Å²) in [5.41, 5.74) is 0. The summed E-state index contributed by atoms with van der Waals surface area (Å²) in [6, 6.07) is -0.697. The van der Waals surface area contributed by atoms with E-state index in [2.05, 4.69) is 38.2 Å². The first-order chi connectivity index (χ1) is 30.5. The zero-order valence-corrected chi connectivity index (χ0v) is 42.0. The van der Waals surface area contributed by atoms with Gasteiger partial charge in [0.1, 0.15) is 6.10 Å². The maximum Gasteiger partial charge on any atom is 0.306 e. The van der Waals surface area contributed by atoms with Gasteiger partial charge < -0.3 is 20.3 Å². The van der Waals surface area contributed by atoms with Gasteiger partial charge >= 0.3 is 5.97 Å². The Labute approximate surface area is 387 Å². The van der Waals surface area contributed by atoms with E-state index in [0.29, 0.717) is 19.3 Å². The number of allylic oxidation sites excluding steroid dienone is 2. The largest absolute Gasteiger partial charge is 0.462 e. The minimum absolute atomic E-state index is 0.0819. The number of carbonyl (C=O) groups excluding carboxylic acids is 2. The van der Waals surface area contributed by atoms with Crippen molar-refractivity contribution in [3.8, 4) is 0 Å². The van der Waals surface area contributed by atoms with E-state index >= 15 is 0 Å². The molecule has 0 aliphatic rings. The van der Waals surface area contributed by atoms with Gasteiger partial charge in [-0.1, -0.05) is 264 Å². The van der Waals surface area contributed by atoms with Gasteiger partial charge in [-0.05, 0) is 44.9 Å². The molecule has 0 spiro atoms. The molecule has 0 aromatic rings. The molecule has 0 saturated carbocycles. The summed E-state index contributed by atoms with van der Waals surface area (Å²) in [6.07, 6.45) is 57.0. The number of hydrogen-bond acceptors (Lipinski definition) is 5. The van der Waals surface area contributed by atoms with Gasteiger partial charge in [-0.3, -0.25) is 9.59 Å². The number of ether oxygens (including phenoxy) is 1. The number of amides is 1. The molecule has 1 amide bonds. The second-order valence-corrected chi connectivity index (χ2v) is 19.3. The Balaban J connectivity index is 4.48. The highest BCUT2D eigenvalue weighted by atomic mass is 16.5. The molecule has 0 bridgehead atoms. The van der Waals surface area contributed by atoms with E-state index in [0.717, 1.165) is 51.4 Å². The molecule has 3 atom stereocenters. The Morgan fingerprint density at radius 1 is 0.452 bits per heavy atom. The van der Waals surface area contributed by atoms with E-state index in [4.69, 9.17) is 4.74 Å². The van der Waals surface area contributed by atoms with Gasteiger partial charge in [0.25, 0.3) is 0 Å². The Morgan fingerprint density at radius 3 is 1.19 bits per heavy atom. The summed E-state index contributed by atoms with van der Waals surface area (Å²) < 4.78 is 5.94. The van der Waals surface area contributed by atoms with Crippen LogP contribution in [0.4, 0.5) is 0 Å². The first-order valence-electron chi connectivity index (χ1n) is 27.9. The van der Waals surface area contributed by atoms with Crippen molar-refractivity contribution in [2.24, 2.45) is 0 Å². The Kier molecular flexibility index (Phi) is 49.5. The number of carbonyl (C=O) groups is 2. The van der Waals surface area contributed by atoms with Crippen molar-refractivity contribution >= 4 is 11.9 Å². The van der Waals surface area contributed by atoms with E-state index in [-0.39, 0.29) is 24.9 Å². The minimum atomic E-state index is -0.783. The zero-order chi connectivity index (χ0) is 45.2. The van der Waals surface area contributed by atoms with Gasteiger partial charge in [0, 0.05) is 6.42 Å². The monoisotopic (exact) mass is 876 g/mol. The predicted octanol–water partition coefficient (Wildman–Crippen LogP) is 16.9. The lowest BCUT2D eigenvalue weighted by molar-refractivity contribution is -0.151. The van der Waals surface area contributed by atoms with Crippen molar-refractivity contribution in [1.82, 2.24) is 5.32 Å². The molecule has 0 fully saturated rings. The highest BCUT2D eigenvalue weighted by molar-refractivity contribution is 5.77. The molecule has 368 valence electrons. The van der Waals surface area contributed by atoms with Gasteiger partial charge in [0.05, 0.1) is 25.2 Å². The molecule has 3 unspecified atom stereocenters. The fourth-order valence-electron chi connectivity index (χ4n) is 8.83. The smallest absolute Gasteiger partial charge is 0.306 e. The van der Waals surface area contributed by atoms with Crippen LogP contribution in [-0.2, 0) is 14.3 Å². The van der Waals surface area contributed by atoms with Crippen molar-refractivity contribution in [2.75, 3.05) is 6.61 Å². The Bertz CT molecular complexity index is 939. The second-order valence-electron chi connectivity index (χ2n) is 19.3. The van der Waals surface area contributed by atoms with Gasteiger partial charge in [-0.25, -0.2) is 0 Å². The lowest BCUT2D eigenvalue weighted by atomic mass is 10.0. The van der Waals surface area contributed by atoms with Crippen LogP contribution in [0.2, 0.25) is 0 Å². The first-order valence-corrected chi connectivity index (χ1v) is 27.9. The molecule has 0 aromatic heterocycles. The summed E-state index contributed by atoms with van der Waals surface area (Å²) in [5, 5.41) is 23.9. The standard InChI is InChI=1S/C56H109NO5/c1-4-7-10-13-16-19-22-24-26-28-30-33-35-38-41-44-47-52(62-56(61)49-46-43-40-37-32-21-18-15-12-9-6-3)50-55(60)57-53(51-58)54(59)48-45-42-39-36-34-31-29-27-25-23-20-17-14-11-8-5-2/h15,18,52-54,58-59H,4-14,16-17,19-51H2,1-3H3,(H,57,60)/b18-15-. The molecular weight excluding hydrogens is 767 g/mol. The number of rotatable bonds is 51. The normalized spacial score (nSPS) is 13.2. The molecule has 6 heteroatoms. The van der Waals surface area contributed by atoms with E-state index in [9.17, 15) is 19.8 Å². The summed E-state index contributed by atoms with van der Waals surface area (Å²) in [7, 11) is 0. The lowest BCUT2D eigenvalue weighted by Crippen LogP contribution is -2.46. The van der Waals surface area contributed by atoms with E-state index in [1.54, 1.807) is 0 Å².